The highest BCUT2D eigenvalue weighted by atomic mass is 19.2. The van der Waals surface area contributed by atoms with Crippen LogP contribution in [0.1, 0.15) is 11.1 Å². The van der Waals surface area contributed by atoms with Crippen molar-refractivity contribution in [1.82, 2.24) is 4.98 Å². The summed E-state index contributed by atoms with van der Waals surface area (Å²) in [5.41, 5.74) is 6.74. The Morgan fingerprint density at radius 1 is 1.26 bits per heavy atom. The molecule has 1 aromatic carbocycles. The molecule has 96 valence electrons. The van der Waals surface area contributed by atoms with Crippen LogP contribution in [0.3, 0.4) is 0 Å². The van der Waals surface area contributed by atoms with Crippen LogP contribution in [-0.2, 0) is 6.54 Å². The summed E-state index contributed by atoms with van der Waals surface area (Å²) < 4.78 is 25.8. The van der Waals surface area contributed by atoms with Gasteiger partial charge in [-0.25, -0.2) is 13.8 Å². The van der Waals surface area contributed by atoms with E-state index < -0.39 is 11.6 Å². The molecule has 3 N–H and O–H groups in total. The van der Waals surface area contributed by atoms with Gasteiger partial charge in [-0.1, -0.05) is 6.07 Å². The number of aromatic nitrogens is 1. The largest absolute Gasteiger partial charge is 0.397 e. The molecule has 6 heteroatoms. The zero-order valence-corrected chi connectivity index (χ0v) is 9.82. The normalized spacial score (nSPS) is 9.95. The highest BCUT2D eigenvalue weighted by molar-refractivity contribution is 5.57. The van der Waals surface area contributed by atoms with Crippen molar-refractivity contribution in [3.05, 3.63) is 53.2 Å². The lowest BCUT2D eigenvalue weighted by molar-refractivity contribution is 0.507. The standard InChI is InChI=1S/C13H10F2N4/c14-11-2-1-8(3-12(11)15)6-18-13-9(5-16)4-10(17)7-19-13/h1-4,7H,6,17H2,(H,18,19). The molecule has 0 atom stereocenters. The van der Waals surface area contributed by atoms with Crippen molar-refractivity contribution in [3.8, 4) is 6.07 Å². The smallest absolute Gasteiger partial charge is 0.159 e. The van der Waals surface area contributed by atoms with E-state index in [1.807, 2.05) is 6.07 Å². The van der Waals surface area contributed by atoms with E-state index >= 15 is 0 Å². The summed E-state index contributed by atoms with van der Waals surface area (Å²) in [5, 5.41) is 11.8. The molecule has 2 rings (SSSR count). The number of anilines is 2. The Kier molecular flexibility index (Phi) is 3.57. The summed E-state index contributed by atoms with van der Waals surface area (Å²) in [4.78, 5) is 3.98. The Hall–Kier alpha value is -2.68. The molecule has 0 radical (unpaired) electrons. The van der Waals surface area contributed by atoms with E-state index in [1.54, 1.807) is 0 Å². The van der Waals surface area contributed by atoms with Crippen molar-refractivity contribution in [3.63, 3.8) is 0 Å². The van der Waals surface area contributed by atoms with Crippen LogP contribution in [0, 0.1) is 23.0 Å². The minimum atomic E-state index is -0.912. The maximum atomic E-state index is 13.0. The number of rotatable bonds is 3. The van der Waals surface area contributed by atoms with Crippen LogP contribution >= 0.6 is 0 Å². The van der Waals surface area contributed by atoms with Gasteiger partial charge in [0.25, 0.3) is 0 Å². The minimum Gasteiger partial charge on any atom is -0.397 e. The van der Waals surface area contributed by atoms with Gasteiger partial charge in [0.2, 0.25) is 0 Å². The van der Waals surface area contributed by atoms with Gasteiger partial charge in [0.05, 0.1) is 17.4 Å². The predicted molar refractivity (Wildman–Crippen MR) is 67.0 cm³/mol. The zero-order chi connectivity index (χ0) is 13.8. The summed E-state index contributed by atoms with van der Waals surface area (Å²) >= 11 is 0. The van der Waals surface area contributed by atoms with Gasteiger partial charge < -0.3 is 11.1 Å². The van der Waals surface area contributed by atoms with Gasteiger partial charge in [0.15, 0.2) is 11.6 Å². The number of nitrogen functional groups attached to an aromatic ring is 1. The first-order valence-electron chi connectivity index (χ1n) is 5.43. The van der Waals surface area contributed by atoms with Gasteiger partial charge in [-0.3, -0.25) is 0 Å². The Morgan fingerprint density at radius 2 is 2.05 bits per heavy atom. The molecule has 1 aromatic heterocycles. The molecule has 4 nitrogen and oxygen atoms in total. The fourth-order valence-electron chi connectivity index (χ4n) is 1.54. The van der Waals surface area contributed by atoms with E-state index in [4.69, 9.17) is 11.0 Å². The van der Waals surface area contributed by atoms with Gasteiger partial charge in [-0.15, -0.1) is 0 Å². The lowest BCUT2D eigenvalue weighted by atomic mass is 10.2. The molecular formula is C13H10F2N4. The number of nitrogens with two attached hydrogens (primary N) is 1. The Balaban J connectivity index is 2.14. The third-order valence-electron chi connectivity index (χ3n) is 2.47. The van der Waals surface area contributed by atoms with Crippen LogP contribution < -0.4 is 11.1 Å². The molecule has 0 aliphatic carbocycles. The third-order valence-corrected chi connectivity index (χ3v) is 2.47. The van der Waals surface area contributed by atoms with E-state index in [0.717, 1.165) is 12.1 Å². The molecular weight excluding hydrogens is 250 g/mol. The minimum absolute atomic E-state index is 0.225. The molecule has 0 unspecified atom stereocenters. The lowest BCUT2D eigenvalue weighted by Crippen LogP contribution is -2.04. The van der Waals surface area contributed by atoms with Crippen LogP contribution in [0.5, 0.6) is 0 Å². The van der Waals surface area contributed by atoms with Crippen LogP contribution in [0.4, 0.5) is 20.3 Å². The van der Waals surface area contributed by atoms with Gasteiger partial charge in [-0.2, -0.15) is 5.26 Å². The quantitative estimate of drug-likeness (QED) is 0.888. The van der Waals surface area contributed by atoms with Gasteiger partial charge in [0.1, 0.15) is 11.9 Å². The second kappa shape index (κ2) is 5.31. The number of nitriles is 1. The molecule has 0 bridgehead atoms. The van der Waals surface area contributed by atoms with Gasteiger partial charge in [0, 0.05) is 6.54 Å². The summed E-state index contributed by atoms with van der Waals surface area (Å²) in [6.07, 6.45) is 1.41. The predicted octanol–water partition coefficient (Wildman–Crippen LogP) is 2.43. The lowest BCUT2D eigenvalue weighted by Gasteiger charge is -2.08. The zero-order valence-electron chi connectivity index (χ0n) is 9.82. The Labute approximate surface area is 108 Å². The number of nitrogens with one attached hydrogen (secondary N) is 1. The van der Waals surface area contributed by atoms with Crippen LogP contribution in [-0.4, -0.2) is 4.98 Å². The number of pyridine rings is 1. The van der Waals surface area contributed by atoms with Crippen molar-refractivity contribution < 1.29 is 8.78 Å². The summed E-state index contributed by atoms with van der Waals surface area (Å²) in [6, 6.07) is 7.03. The molecule has 0 fully saturated rings. The first kappa shape index (κ1) is 12.8. The highest BCUT2D eigenvalue weighted by Crippen LogP contribution is 2.16. The molecule has 0 saturated carbocycles. The van der Waals surface area contributed by atoms with Crippen molar-refractivity contribution in [2.75, 3.05) is 11.1 Å². The average Bonchev–Trinajstić information content (AvgIpc) is 2.41. The first-order valence-corrected chi connectivity index (χ1v) is 5.43. The number of hydrogen-bond donors (Lipinski definition) is 2. The van der Waals surface area contributed by atoms with Crippen LogP contribution in [0.15, 0.2) is 30.5 Å². The van der Waals surface area contributed by atoms with E-state index in [-0.39, 0.29) is 6.54 Å². The average molecular weight is 260 g/mol. The molecule has 0 aliphatic rings. The fourth-order valence-corrected chi connectivity index (χ4v) is 1.54. The summed E-state index contributed by atoms with van der Waals surface area (Å²) in [5.74, 6) is -1.46. The molecule has 0 aliphatic heterocycles. The third kappa shape index (κ3) is 2.96. The molecule has 2 aromatic rings. The van der Waals surface area contributed by atoms with Crippen LogP contribution in [0.2, 0.25) is 0 Å². The van der Waals surface area contributed by atoms with Gasteiger partial charge >= 0.3 is 0 Å². The van der Waals surface area contributed by atoms with Crippen molar-refractivity contribution in [2.24, 2.45) is 0 Å². The number of hydrogen-bond acceptors (Lipinski definition) is 4. The fraction of sp³-hybridized carbons (Fsp3) is 0.0769. The second-order valence-corrected chi connectivity index (χ2v) is 3.88. The molecule has 19 heavy (non-hydrogen) atoms. The number of benzene rings is 1. The van der Waals surface area contributed by atoms with E-state index in [9.17, 15) is 8.78 Å². The number of nitrogens with zero attached hydrogens (tertiary/aromatic N) is 2. The van der Waals surface area contributed by atoms with E-state index in [2.05, 4.69) is 10.3 Å². The maximum Gasteiger partial charge on any atom is 0.159 e. The highest BCUT2D eigenvalue weighted by Gasteiger charge is 2.06. The topological polar surface area (TPSA) is 74.7 Å². The SMILES string of the molecule is N#Cc1cc(N)cnc1NCc1ccc(F)c(F)c1. The van der Waals surface area contributed by atoms with Crippen molar-refractivity contribution in [1.29, 1.82) is 5.26 Å². The molecule has 0 saturated heterocycles. The summed E-state index contributed by atoms with van der Waals surface area (Å²) in [6.45, 7) is 0.225. The van der Waals surface area contributed by atoms with Crippen LogP contribution in [0.25, 0.3) is 0 Å². The Morgan fingerprint density at radius 3 is 2.74 bits per heavy atom. The summed E-state index contributed by atoms with van der Waals surface area (Å²) in [7, 11) is 0. The molecule has 0 spiro atoms. The van der Waals surface area contributed by atoms with Crippen molar-refractivity contribution >= 4 is 11.5 Å². The first-order chi connectivity index (χ1) is 9.10. The molecule has 0 amide bonds. The van der Waals surface area contributed by atoms with Crippen molar-refractivity contribution in [2.45, 2.75) is 6.54 Å². The van der Waals surface area contributed by atoms with E-state index in [1.165, 1.54) is 18.3 Å². The Bertz CT molecular complexity index is 650. The number of halogens is 2. The van der Waals surface area contributed by atoms with Gasteiger partial charge in [-0.05, 0) is 23.8 Å². The monoisotopic (exact) mass is 260 g/mol. The maximum absolute atomic E-state index is 13.0. The molecule has 1 heterocycles. The van der Waals surface area contributed by atoms with E-state index in [0.29, 0.717) is 22.6 Å². The second-order valence-electron chi connectivity index (χ2n) is 3.88.